The molecule has 1 aromatic rings. The van der Waals surface area contributed by atoms with E-state index in [0.717, 1.165) is 6.07 Å². The third kappa shape index (κ3) is 6.81. The van der Waals surface area contributed by atoms with Crippen molar-refractivity contribution in [1.29, 1.82) is 0 Å². The van der Waals surface area contributed by atoms with E-state index in [1.54, 1.807) is 0 Å². The lowest BCUT2D eigenvalue weighted by molar-refractivity contribution is -0.543. The Morgan fingerprint density at radius 1 is 0.683 bits per heavy atom. The van der Waals surface area contributed by atoms with Gasteiger partial charge >= 0.3 is 60.8 Å². The molecule has 0 radical (unpaired) electrons. The van der Waals surface area contributed by atoms with Crippen molar-refractivity contribution >= 4 is 11.9 Å². The number of benzene rings is 1. The Morgan fingerprint density at radius 2 is 1.10 bits per heavy atom. The highest BCUT2D eigenvalue weighted by atomic mass is 19.4. The molecule has 0 heterocycles. The lowest BCUT2D eigenvalue weighted by atomic mass is 10.1. The van der Waals surface area contributed by atoms with Crippen LogP contribution >= 0.6 is 0 Å². The summed E-state index contributed by atoms with van der Waals surface area (Å²) >= 11 is 0. The van der Waals surface area contributed by atoms with Crippen LogP contribution in [-0.4, -0.2) is 75.0 Å². The van der Waals surface area contributed by atoms with Gasteiger partial charge in [0.05, 0.1) is 14.2 Å². The zero-order valence-electron chi connectivity index (χ0n) is 19.2. The molecule has 0 aliphatic heterocycles. The van der Waals surface area contributed by atoms with Crippen molar-refractivity contribution in [3.63, 3.8) is 0 Å². The molecule has 2 unspecified atom stereocenters. The largest absolute Gasteiger partial charge is 0.465 e. The fraction of sp³-hybridized carbons (Fsp3) is 0.556. The summed E-state index contributed by atoms with van der Waals surface area (Å²) in [5, 5.41) is 0. The minimum atomic E-state index is -7.89. The lowest BCUT2D eigenvalue weighted by Crippen LogP contribution is -2.66. The molecule has 1 rings (SSSR count). The smallest absolute Gasteiger partial charge is 0.462 e. The predicted octanol–water partition coefficient (Wildman–Crippen LogP) is 6.17. The van der Waals surface area contributed by atoms with E-state index < -0.39 is 77.6 Å². The minimum Gasteiger partial charge on any atom is -0.465 e. The number of halogens is 16. The van der Waals surface area contributed by atoms with E-state index in [-0.39, 0.29) is 0 Å². The third-order valence-corrected chi connectivity index (χ3v) is 4.31. The number of ether oxygens (including phenoxy) is 5. The van der Waals surface area contributed by atoms with Crippen LogP contribution in [0.1, 0.15) is 20.7 Å². The molecule has 7 nitrogen and oxygen atoms in total. The molecule has 0 bridgehead atoms. The van der Waals surface area contributed by atoms with Crippen LogP contribution in [0.25, 0.3) is 0 Å². The first-order valence-corrected chi connectivity index (χ1v) is 9.47. The van der Waals surface area contributed by atoms with Gasteiger partial charge in [0.2, 0.25) is 0 Å². The van der Waals surface area contributed by atoms with Crippen LogP contribution in [0.2, 0.25) is 0 Å². The molecule has 23 heteroatoms. The van der Waals surface area contributed by atoms with E-state index in [1.165, 1.54) is 4.74 Å². The molecule has 2 atom stereocenters. The number of carbonyl (C=O) groups excluding carboxylic acids is 2. The van der Waals surface area contributed by atoms with E-state index in [4.69, 9.17) is 0 Å². The first-order chi connectivity index (χ1) is 18.1. The van der Waals surface area contributed by atoms with E-state index in [1.807, 2.05) is 0 Å². The van der Waals surface area contributed by atoms with Gasteiger partial charge in [-0.1, -0.05) is 6.07 Å². The fourth-order valence-electron chi connectivity index (χ4n) is 2.33. The SMILES string of the molecule is COC(=O)c1cccc(C(=O)OC)c1OC(F)(F)C(F)OC(F)(F)C(F)(OC(F)(F)C(F)(F)C(F)(F)F)C(F)(F)F. The van der Waals surface area contributed by atoms with Crippen molar-refractivity contribution in [3.8, 4) is 5.75 Å². The monoisotopic (exact) mass is 642 g/mol. The van der Waals surface area contributed by atoms with Gasteiger partial charge in [0, 0.05) is 0 Å². The van der Waals surface area contributed by atoms with E-state index in [0.29, 0.717) is 26.4 Å². The standard InChI is InChI=1S/C18H10F16O7/c1-37-9(35)6-4-3-5-7(10(36)38-2)8(6)39-12(20,21)11(19)40-18(33,34)14(24,16(28,29)30)41-17(31,32)13(22,23)15(25,26)27/h3-5,11H,1-2H3. The molecule has 0 spiro atoms. The summed E-state index contributed by atoms with van der Waals surface area (Å²) in [5.74, 6) is -20.9. The van der Waals surface area contributed by atoms with Gasteiger partial charge in [-0.2, -0.15) is 65.9 Å². The molecular formula is C18H10F16O7. The van der Waals surface area contributed by atoms with Gasteiger partial charge in [0.1, 0.15) is 11.1 Å². The summed E-state index contributed by atoms with van der Waals surface area (Å²) in [6.45, 7) is 0. The van der Waals surface area contributed by atoms with Crippen LogP contribution in [0.5, 0.6) is 5.75 Å². The normalized spacial score (nSPS) is 16.0. The average molecular weight is 642 g/mol. The van der Waals surface area contributed by atoms with Crippen LogP contribution in [0, 0.1) is 0 Å². The Hall–Kier alpha value is -3.24. The van der Waals surface area contributed by atoms with Crippen molar-refractivity contribution in [2.24, 2.45) is 0 Å². The molecule has 0 N–H and O–H groups in total. The molecule has 236 valence electrons. The Balaban J connectivity index is 3.57. The molecule has 0 aliphatic carbocycles. The number of rotatable bonds is 11. The second-order valence-electron chi connectivity index (χ2n) is 7.06. The molecule has 0 saturated carbocycles. The maximum atomic E-state index is 14.3. The first kappa shape index (κ1) is 35.8. The van der Waals surface area contributed by atoms with Crippen molar-refractivity contribution in [2.75, 3.05) is 14.2 Å². The first-order valence-electron chi connectivity index (χ1n) is 9.47. The van der Waals surface area contributed by atoms with Gasteiger partial charge in [-0.05, 0) is 12.1 Å². The Labute approximate surface area is 214 Å². The van der Waals surface area contributed by atoms with Crippen LogP contribution in [0.3, 0.4) is 0 Å². The summed E-state index contributed by atoms with van der Waals surface area (Å²) in [4.78, 5) is 23.5. The van der Waals surface area contributed by atoms with Gasteiger partial charge in [0.25, 0.3) is 0 Å². The van der Waals surface area contributed by atoms with Gasteiger partial charge in [-0.25, -0.2) is 14.0 Å². The number of esters is 2. The summed E-state index contributed by atoms with van der Waals surface area (Å²) in [5.41, 5.74) is -2.50. The molecule has 0 aliphatic rings. The number of alkyl halides is 16. The van der Waals surface area contributed by atoms with E-state index >= 15 is 0 Å². The molecule has 0 amide bonds. The highest BCUT2D eigenvalue weighted by Crippen LogP contribution is 2.55. The van der Waals surface area contributed by atoms with Gasteiger partial charge < -0.3 is 14.2 Å². The lowest BCUT2D eigenvalue weighted by Gasteiger charge is -2.38. The number of hydrogen-bond donors (Lipinski definition) is 0. The third-order valence-electron chi connectivity index (χ3n) is 4.31. The Morgan fingerprint density at radius 3 is 1.44 bits per heavy atom. The Bertz CT molecular complexity index is 1080. The fourth-order valence-corrected chi connectivity index (χ4v) is 2.33. The van der Waals surface area contributed by atoms with E-state index in [2.05, 4.69) is 18.9 Å². The molecule has 0 aromatic heterocycles. The number of methoxy groups -OCH3 is 2. The van der Waals surface area contributed by atoms with Gasteiger partial charge in [-0.3, -0.25) is 9.47 Å². The zero-order valence-corrected chi connectivity index (χ0v) is 19.2. The molecule has 0 saturated heterocycles. The topological polar surface area (TPSA) is 80.3 Å². The van der Waals surface area contributed by atoms with Gasteiger partial charge in [0.15, 0.2) is 5.75 Å². The molecular weight excluding hydrogens is 632 g/mol. The van der Waals surface area contributed by atoms with Crippen LogP contribution in [0.4, 0.5) is 70.2 Å². The second kappa shape index (κ2) is 11.2. The van der Waals surface area contributed by atoms with Crippen molar-refractivity contribution in [1.82, 2.24) is 0 Å². The second-order valence-corrected chi connectivity index (χ2v) is 7.06. The van der Waals surface area contributed by atoms with Gasteiger partial charge in [-0.15, -0.1) is 0 Å². The maximum Gasteiger partial charge on any atom is 0.462 e. The summed E-state index contributed by atoms with van der Waals surface area (Å²) in [6.07, 6.45) is -42.6. The van der Waals surface area contributed by atoms with Crippen LogP contribution in [-0.2, 0) is 18.9 Å². The van der Waals surface area contributed by atoms with Crippen LogP contribution in [0.15, 0.2) is 18.2 Å². The highest BCUT2D eigenvalue weighted by molar-refractivity contribution is 6.00. The van der Waals surface area contributed by atoms with Crippen molar-refractivity contribution in [3.05, 3.63) is 29.3 Å². The number of hydrogen-bond acceptors (Lipinski definition) is 7. The minimum absolute atomic E-state index is 0.499. The molecule has 1 aromatic carbocycles. The summed E-state index contributed by atoms with van der Waals surface area (Å²) in [6, 6.07) is 1.74. The van der Waals surface area contributed by atoms with Crippen molar-refractivity contribution in [2.45, 2.75) is 48.8 Å². The van der Waals surface area contributed by atoms with Crippen LogP contribution < -0.4 is 4.74 Å². The highest BCUT2D eigenvalue weighted by Gasteiger charge is 2.84. The van der Waals surface area contributed by atoms with Crippen molar-refractivity contribution < 1.29 is 104 Å². The maximum absolute atomic E-state index is 14.3. The summed E-state index contributed by atoms with van der Waals surface area (Å²) in [7, 11) is 1.18. The van der Waals surface area contributed by atoms with E-state index in [9.17, 15) is 79.8 Å². The number of carbonyl (C=O) groups is 2. The molecule has 0 fully saturated rings. The summed E-state index contributed by atoms with van der Waals surface area (Å²) < 4.78 is 227. The predicted molar refractivity (Wildman–Crippen MR) is 92.6 cm³/mol. The zero-order chi connectivity index (χ0) is 32.6. The Kier molecular flexibility index (Phi) is 9.78. The quantitative estimate of drug-likeness (QED) is 0.211. The molecule has 41 heavy (non-hydrogen) atoms. The number of para-hydroxylation sites is 1. The average Bonchev–Trinajstić information content (AvgIpc) is 2.80.